The van der Waals surface area contributed by atoms with Gasteiger partial charge in [-0.2, -0.15) is 13.2 Å². The number of nitrogens with one attached hydrogen (secondary N) is 1. The van der Waals surface area contributed by atoms with Crippen molar-refractivity contribution in [1.29, 1.82) is 0 Å². The predicted molar refractivity (Wildman–Crippen MR) is 135 cm³/mol. The molecule has 3 aromatic rings. The molecule has 0 aromatic heterocycles. The van der Waals surface area contributed by atoms with Gasteiger partial charge in [0.25, 0.3) is 5.91 Å². The Labute approximate surface area is 217 Å². The number of amides is 1. The van der Waals surface area contributed by atoms with Crippen molar-refractivity contribution in [3.8, 4) is 5.75 Å². The fourth-order valence-electron chi connectivity index (χ4n) is 3.61. The average molecular weight is 535 g/mol. The SMILES string of the molecule is CNc1ccc(Cl)cc1C(=O)N(CCc1cccc(C(F)(F)F)c1)Cc1ccc(OCC(=O)OC)cc1. The normalized spacial score (nSPS) is 11.1. The van der Waals surface area contributed by atoms with E-state index in [9.17, 15) is 22.8 Å². The Kier molecular flexibility index (Phi) is 9.41. The molecule has 0 unspecified atom stereocenters. The lowest BCUT2D eigenvalue weighted by molar-refractivity contribution is -0.143. The second-order valence-electron chi connectivity index (χ2n) is 8.12. The van der Waals surface area contributed by atoms with E-state index in [2.05, 4.69) is 10.1 Å². The van der Waals surface area contributed by atoms with Gasteiger partial charge in [-0.3, -0.25) is 4.79 Å². The number of ether oxygens (including phenoxy) is 2. The Morgan fingerprint density at radius 2 is 1.73 bits per heavy atom. The Morgan fingerprint density at radius 1 is 1.00 bits per heavy atom. The molecule has 0 bridgehead atoms. The number of hydrogen-bond acceptors (Lipinski definition) is 5. The quantitative estimate of drug-likeness (QED) is 0.331. The van der Waals surface area contributed by atoms with Gasteiger partial charge in [0.15, 0.2) is 6.61 Å². The van der Waals surface area contributed by atoms with Crippen LogP contribution in [0.5, 0.6) is 5.75 Å². The smallest absolute Gasteiger partial charge is 0.416 e. The first-order valence-electron chi connectivity index (χ1n) is 11.3. The van der Waals surface area contributed by atoms with E-state index >= 15 is 0 Å². The zero-order valence-corrected chi connectivity index (χ0v) is 21.0. The third-order valence-corrected chi connectivity index (χ3v) is 5.81. The number of nitrogens with zero attached hydrogens (tertiary/aromatic N) is 1. The Hall–Kier alpha value is -3.72. The molecule has 0 fully saturated rings. The molecule has 10 heteroatoms. The highest BCUT2D eigenvalue weighted by Gasteiger charge is 2.30. The molecule has 37 heavy (non-hydrogen) atoms. The van der Waals surface area contributed by atoms with Crippen LogP contribution in [0.15, 0.2) is 66.7 Å². The van der Waals surface area contributed by atoms with E-state index in [1.807, 2.05) is 0 Å². The second-order valence-corrected chi connectivity index (χ2v) is 8.56. The van der Waals surface area contributed by atoms with Crippen LogP contribution in [0.25, 0.3) is 0 Å². The number of esters is 1. The van der Waals surface area contributed by atoms with Crippen molar-refractivity contribution < 1.29 is 32.2 Å². The molecule has 0 aliphatic heterocycles. The molecule has 3 aromatic carbocycles. The highest BCUT2D eigenvalue weighted by molar-refractivity contribution is 6.31. The predicted octanol–water partition coefficient (Wildman–Crippen LogP) is 5.84. The van der Waals surface area contributed by atoms with Gasteiger partial charge < -0.3 is 19.7 Å². The molecular weight excluding hydrogens is 509 g/mol. The molecule has 0 spiro atoms. The highest BCUT2D eigenvalue weighted by atomic mass is 35.5. The molecular formula is C27H26ClF3N2O4. The maximum absolute atomic E-state index is 13.6. The number of methoxy groups -OCH3 is 1. The minimum absolute atomic E-state index is 0.163. The van der Waals surface area contributed by atoms with Crippen molar-refractivity contribution in [3.05, 3.63) is 94.0 Å². The first-order chi connectivity index (χ1) is 17.6. The van der Waals surface area contributed by atoms with E-state index in [1.165, 1.54) is 13.2 Å². The minimum atomic E-state index is -4.45. The average Bonchev–Trinajstić information content (AvgIpc) is 2.89. The molecule has 0 aliphatic rings. The Morgan fingerprint density at radius 3 is 2.38 bits per heavy atom. The molecule has 0 saturated carbocycles. The number of alkyl halides is 3. The maximum Gasteiger partial charge on any atom is 0.416 e. The van der Waals surface area contributed by atoms with Crippen LogP contribution in [0.4, 0.5) is 18.9 Å². The van der Waals surface area contributed by atoms with E-state index in [1.54, 1.807) is 60.5 Å². The number of carbonyl (C=O) groups is 2. The Bertz CT molecular complexity index is 1230. The highest BCUT2D eigenvalue weighted by Crippen LogP contribution is 2.30. The molecule has 1 amide bonds. The minimum Gasteiger partial charge on any atom is -0.482 e. The number of halogens is 4. The number of benzene rings is 3. The van der Waals surface area contributed by atoms with Crippen LogP contribution in [-0.4, -0.2) is 44.1 Å². The van der Waals surface area contributed by atoms with E-state index in [4.69, 9.17) is 16.3 Å². The number of rotatable bonds is 10. The van der Waals surface area contributed by atoms with Crippen molar-refractivity contribution in [2.75, 3.05) is 32.6 Å². The lowest BCUT2D eigenvalue weighted by Crippen LogP contribution is -2.33. The van der Waals surface area contributed by atoms with Crippen molar-refractivity contribution in [2.24, 2.45) is 0 Å². The summed E-state index contributed by atoms with van der Waals surface area (Å²) in [5.74, 6) is -0.398. The van der Waals surface area contributed by atoms with Gasteiger partial charge in [0.05, 0.1) is 18.2 Å². The van der Waals surface area contributed by atoms with E-state index in [-0.39, 0.29) is 32.0 Å². The van der Waals surface area contributed by atoms with Crippen LogP contribution in [0.2, 0.25) is 5.02 Å². The van der Waals surface area contributed by atoms with E-state index in [0.29, 0.717) is 27.6 Å². The third kappa shape index (κ3) is 7.88. The number of hydrogen-bond donors (Lipinski definition) is 1. The van der Waals surface area contributed by atoms with Gasteiger partial charge in [-0.05, 0) is 53.9 Å². The first kappa shape index (κ1) is 27.9. The van der Waals surface area contributed by atoms with Crippen LogP contribution in [0.3, 0.4) is 0 Å². The molecule has 6 nitrogen and oxygen atoms in total. The van der Waals surface area contributed by atoms with Gasteiger partial charge in [-0.25, -0.2) is 4.79 Å². The van der Waals surface area contributed by atoms with E-state index < -0.39 is 17.7 Å². The summed E-state index contributed by atoms with van der Waals surface area (Å²) in [5, 5.41) is 3.35. The fourth-order valence-corrected chi connectivity index (χ4v) is 3.79. The molecule has 196 valence electrons. The molecule has 1 N–H and O–H groups in total. The van der Waals surface area contributed by atoms with Crippen molar-refractivity contribution in [1.82, 2.24) is 4.90 Å². The fraction of sp³-hybridized carbons (Fsp3) is 0.259. The second kappa shape index (κ2) is 12.5. The zero-order chi connectivity index (χ0) is 27.0. The van der Waals surface area contributed by atoms with Gasteiger partial charge in [-0.15, -0.1) is 0 Å². The Balaban J connectivity index is 1.83. The summed E-state index contributed by atoms with van der Waals surface area (Å²) in [6.45, 7) is 0.111. The van der Waals surface area contributed by atoms with Crippen molar-refractivity contribution in [2.45, 2.75) is 19.1 Å². The van der Waals surface area contributed by atoms with Crippen LogP contribution in [0.1, 0.15) is 27.0 Å². The van der Waals surface area contributed by atoms with Crippen molar-refractivity contribution in [3.63, 3.8) is 0 Å². The topological polar surface area (TPSA) is 67.9 Å². The molecule has 0 heterocycles. The summed E-state index contributed by atoms with van der Waals surface area (Å²) in [6, 6.07) is 16.8. The standard InChI is InChI=1S/C27H26ClF3N2O4/c1-32-24-11-8-21(28)15-23(24)26(35)33(13-12-18-4-3-5-20(14-18)27(29,30)31)16-19-6-9-22(10-7-19)37-17-25(34)36-2/h3-11,14-15,32H,12-13,16-17H2,1-2H3. The molecule has 3 rings (SSSR count). The van der Waals surface area contributed by atoms with Crippen LogP contribution in [-0.2, 0) is 28.7 Å². The maximum atomic E-state index is 13.6. The molecule has 0 atom stereocenters. The summed E-state index contributed by atoms with van der Waals surface area (Å²) in [5.41, 5.74) is 1.40. The summed E-state index contributed by atoms with van der Waals surface area (Å²) >= 11 is 6.14. The van der Waals surface area contributed by atoms with Gasteiger partial charge >= 0.3 is 12.1 Å². The zero-order valence-electron chi connectivity index (χ0n) is 20.3. The van der Waals surface area contributed by atoms with E-state index in [0.717, 1.165) is 17.7 Å². The first-order valence-corrected chi connectivity index (χ1v) is 11.7. The number of carbonyl (C=O) groups excluding carboxylic acids is 2. The molecule has 0 saturated heterocycles. The van der Waals surface area contributed by atoms with Crippen LogP contribution in [0, 0.1) is 0 Å². The molecule has 0 aliphatic carbocycles. The van der Waals surface area contributed by atoms with Crippen LogP contribution < -0.4 is 10.1 Å². The lowest BCUT2D eigenvalue weighted by atomic mass is 10.1. The summed E-state index contributed by atoms with van der Waals surface area (Å²) in [7, 11) is 2.94. The van der Waals surface area contributed by atoms with Gasteiger partial charge in [0, 0.05) is 30.8 Å². The van der Waals surface area contributed by atoms with Crippen LogP contribution >= 0.6 is 11.6 Å². The summed E-state index contributed by atoms with van der Waals surface area (Å²) in [6.07, 6.45) is -4.24. The third-order valence-electron chi connectivity index (χ3n) is 5.57. The van der Waals surface area contributed by atoms with Crippen molar-refractivity contribution >= 4 is 29.2 Å². The monoisotopic (exact) mass is 534 g/mol. The largest absolute Gasteiger partial charge is 0.482 e. The summed E-state index contributed by atoms with van der Waals surface area (Å²) in [4.78, 5) is 26.4. The number of anilines is 1. The molecule has 0 radical (unpaired) electrons. The lowest BCUT2D eigenvalue weighted by Gasteiger charge is -2.25. The van der Waals surface area contributed by atoms with Gasteiger partial charge in [0.1, 0.15) is 5.75 Å². The van der Waals surface area contributed by atoms with Gasteiger partial charge in [-0.1, -0.05) is 41.9 Å². The van der Waals surface area contributed by atoms with Gasteiger partial charge in [0.2, 0.25) is 0 Å². The summed E-state index contributed by atoms with van der Waals surface area (Å²) < 4.78 is 49.4.